The number of unbranched alkanes of at least 4 members (excludes halogenated alkanes) is 1. The molecule has 3 rings (SSSR count). The van der Waals surface area contributed by atoms with Gasteiger partial charge in [0.2, 0.25) is 0 Å². The predicted octanol–water partition coefficient (Wildman–Crippen LogP) is 5.09. The lowest BCUT2D eigenvalue weighted by Crippen LogP contribution is -2.35. The third-order valence-corrected chi connectivity index (χ3v) is 8.02. The van der Waals surface area contributed by atoms with E-state index in [9.17, 15) is 13.5 Å². The van der Waals surface area contributed by atoms with Crippen LogP contribution < -0.4 is 0 Å². The van der Waals surface area contributed by atoms with Gasteiger partial charge in [0.25, 0.3) is 0 Å². The van der Waals surface area contributed by atoms with Gasteiger partial charge in [-0.3, -0.25) is 0 Å². The highest BCUT2D eigenvalue weighted by Crippen LogP contribution is 2.51. The van der Waals surface area contributed by atoms with Crippen LogP contribution >= 0.6 is 0 Å². The van der Waals surface area contributed by atoms with E-state index in [-0.39, 0.29) is 22.8 Å². The van der Waals surface area contributed by atoms with Crippen molar-refractivity contribution in [2.24, 2.45) is 5.41 Å². The summed E-state index contributed by atoms with van der Waals surface area (Å²) < 4.78 is 26.5. The Hall–Kier alpha value is -1.81. The quantitative estimate of drug-likeness (QED) is 0.795. The van der Waals surface area contributed by atoms with Gasteiger partial charge in [0.15, 0.2) is 9.84 Å². The second kappa shape index (κ2) is 7.43. The van der Waals surface area contributed by atoms with Crippen LogP contribution in [0.15, 0.2) is 53.4 Å². The predicted molar refractivity (Wildman–Crippen MR) is 105 cm³/mol. The van der Waals surface area contributed by atoms with Gasteiger partial charge < -0.3 is 5.11 Å². The molecular formula is C22H28O3S. The van der Waals surface area contributed by atoms with Gasteiger partial charge in [0, 0.05) is 0 Å². The van der Waals surface area contributed by atoms with Crippen LogP contribution in [-0.2, 0) is 16.3 Å². The van der Waals surface area contributed by atoms with Gasteiger partial charge in [-0.2, -0.15) is 0 Å². The van der Waals surface area contributed by atoms with Gasteiger partial charge in [0.05, 0.1) is 10.6 Å². The van der Waals surface area contributed by atoms with E-state index in [2.05, 4.69) is 13.8 Å². The highest BCUT2D eigenvalue weighted by Gasteiger charge is 2.45. The lowest BCUT2D eigenvalue weighted by molar-refractivity contribution is 0.214. The number of sulfone groups is 1. The Morgan fingerprint density at radius 2 is 1.77 bits per heavy atom. The number of hydrogen-bond acceptors (Lipinski definition) is 3. The zero-order chi connectivity index (χ0) is 18.8. The summed E-state index contributed by atoms with van der Waals surface area (Å²) in [6.45, 7) is 4.23. The van der Waals surface area contributed by atoms with E-state index in [4.69, 9.17) is 0 Å². The van der Waals surface area contributed by atoms with Crippen LogP contribution in [0.4, 0.5) is 0 Å². The molecule has 2 unspecified atom stereocenters. The average Bonchev–Trinajstić information content (AvgIpc) is 2.73. The van der Waals surface area contributed by atoms with Crippen molar-refractivity contribution in [2.45, 2.75) is 56.8 Å². The van der Waals surface area contributed by atoms with Gasteiger partial charge in [0.1, 0.15) is 5.75 Å². The van der Waals surface area contributed by atoms with Gasteiger partial charge in [-0.15, -0.1) is 0 Å². The van der Waals surface area contributed by atoms with Crippen LogP contribution in [0.5, 0.6) is 5.75 Å². The lowest BCUT2D eigenvalue weighted by atomic mass is 9.66. The molecule has 2 atom stereocenters. The van der Waals surface area contributed by atoms with Crippen LogP contribution in [0.1, 0.15) is 56.6 Å². The standard InChI is InChI=1S/C22H28O3S/c1-3-5-14-22(4-2)16-26(24,25)21-13-9-6-10-17(21)15-19(22)18-11-7-8-12-20(18)23/h6-13,19,23H,3-5,14-16H2,1-2H3. The summed E-state index contributed by atoms with van der Waals surface area (Å²) >= 11 is 0. The zero-order valence-corrected chi connectivity index (χ0v) is 16.4. The third kappa shape index (κ3) is 3.39. The minimum absolute atomic E-state index is 0.0151. The fraction of sp³-hybridized carbons (Fsp3) is 0.455. The smallest absolute Gasteiger partial charge is 0.179 e. The molecule has 0 amide bonds. The Bertz CT molecular complexity index is 872. The highest BCUT2D eigenvalue weighted by atomic mass is 32.2. The molecule has 0 saturated heterocycles. The van der Waals surface area contributed by atoms with Crippen LogP contribution in [-0.4, -0.2) is 19.3 Å². The molecule has 0 spiro atoms. The van der Waals surface area contributed by atoms with Crippen molar-refractivity contribution < 1.29 is 13.5 Å². The van der Waals surface area contributed by atoms with Crippen LogP contribution in [0.3, 0.4) is 0 Å². The van der Waals surface area contributed by atoms with Crippen molar-refractivity contribution in [1.82, 2.24) is 0 Å². The van der Waals surface area contributed by atoms with E-state index in [1.165, 1.54) is 0 Å². The minimum atomic E-state index is -3.36. The second-order valence-electron chi connectivity index (χ2n) is 7.50. The fourth-order valence-electron chi connectivity index (χ4n) is 4.49. The number of phenolic OH excluding ortho intramolecular Hbond substituents is 1. The average molecular weight is 373 g/mol. The van der Waals surface area contributed by atoms with Crippen molar-refractivity contribution in [3.8, 4) is 5.75 Å². The molecule has 1 aliphatic heterocycles. The molecule has 1 heterocycles. The van der Waals surface area contributed by atoms with E-state index in [1.54, 1.807) is 18.2 Å². The summed E-state index contributed by atoms with van der Waals surface area (Å²) in [4.78, 5) is 0.465. The highest BCUT2D eigenvalue weighted by molar-refractivity contribution is 7.91. The molecular weight excluding hydrogens is 344 g/mol. The van der Waals surface area contributed by atoms with Crippen LogP contribution in [0, 0.1) is 5.41 Å². The summed E-state index contributed by atoms with van der Waals surface area (Å²) in [5.74, 6) is 0.397. The first-order chi connectivity index (χ1) is 12.4. The van der Waals surface area contributed by atoms with E-state index in [0.29, 0.717) is 11.3 Å². The first-order valence-corrected chi connectivity index (χ1v) is 11.2. The number of hydrogen-bond donors (Lipinski definition) is 1. The molecule has 0 bridgehead atoms. The third-order valence-electron chi connectivity index (χ3n) is 5.99. The molecule has 0 aliphatic carbocycles. The zero-order valence-electron chi connectivity index (χ0n) is 15.6. The second-order valence-corrected chi connectivity index (χ2v) is 9.46. The Morgan fingerprint density at radius 3 is 2.46 bits per heavy atom. The molecule has 26 heavy (non-hydrogen) atoms. The van der Waals surface area contributed by atoms with Gasteiger partial charge in [-0.25, -0.2) is 8.42 Å². The Kier molecular flexibility index (Phi) is 5.42. The molecule has 2 aromatic carbocycles. The number of rotatable bonds is 5. The van der Waals surface area contributed by atoms with Crippen molar-refractivity contribution in [2.75, 3.05) is 5.75 Å². The molecule has 1 aliphatic rings. The lowest BCUT2D eigenvalue weighted by Gasteiger charge is -2.39. The molecule has 0 aromatic heterocycles. The topological polar surface area (TPSA) is 54.4 Å². The molecule has 0 fully saturated rings. The maximum absolute atomic E-state index is 13.2. The number of aromatic hydroxyl groups is 1. The summed E-state index contributed by atoms with van der Waals surface area (Å²) in [7, 11) is -3.36. The van der Waals surface area contributed by atoms with Crippen molar-refractivity contribution in [1.29, 1.82) is 0 Å². The summed E-state index contributed by atoms with van der Waals surface area (Å²) in [5, 5.41) is 10.5. The first-order valence-electron chi connectivity index (χ1n) is 9.52. The monoisotopic (exact) mass is 372 g/mol. The number of fused-ring (bicyclic) bond motifs is 1. The van der Waals surface area contributed by atoms with E-state index >= 15 is 0 Å². The number of benzene rings is 2. The molecule has 4 heteroatoms. The van der Waals surface area contributed by atoms with Crippen LogP contribution in [0.2, 0.25) is 0 Å². The summed E-state index contributed by atoms with van der Waals surface area (Å²) in [6, 6.07) is 14.8. The number of para-hydroxylation sites is 1. The van der Waals surface area contributed by atoms with E-state index in [1.807, 2.05) is 30.3 Å². The molecule has 2 aromatic rings. The van der Waals surface area contributed by atoms with Gasteiger partial charge in [-0.05, 0) is 53.9 Å². The maximum atomic E-state index is 13.2. The first kappa shape index (κ1) is 19.0. The summed E-state index contributed by atoms with van der Waals surface area (Å²) in [5.41, 5.74) is 1.37. The van der Waals surface area contributed by atoms with Gasteiger partial charge in [-0.1, -0.05) is 63.1 Å². The SMILES string of the molecule is CCCCC1(CC)CS(=O)(=O)c2ccccc2CC1c1ccccc1O. The maximum Gasteiger partial charge on any atom is 0.179 e. The summed E-state index contributed by atoms with van der Waals surface area (Å²) in [6.07, 6.45) is 4.29. The molecule has 1 N–H and O–H groups in total. The van der Waals surface area contributed by atoms with E-state index < -0.39 is 9.84 Å². The van der Waals surface area contributed by atoms with Gasteiger partial charge >= 0.3 is 0 Å². The molecule has 140 valence electrons. The molecule has 0 saturated carbocycles. The molecule has 3 nitrogen and oxygen atoms in total. The normalized spacial score (nSPS) is 24.6. The number of phenols is 1. The van der Waals surface area contributed by atoms with Crippen molar-refractivity contribution in [3.63, 3.8) is 0 Å². The van der Waals surface area contributed by atoms with Crippen LogP contribution in [0.25, 0.3) is 0 Å². The minimum Gasteiger partial charge on any atom is -0.508 e. The van der Waals surface area contributed by atoms with Crippen molar-refractivity contribution in [3.05, 3.63) is 59.7 Å². The fourth-order valence-corrected chi connectivity index (χ4v) is 6.79. The van der Waals surface area contributed by atoms with Crippen molar-refractivity contribution >= 4 is 9.84 Å². The van der Waals surface area contributed by atoms with E-state index in [0.717, 1.165) is 36.8 Å². The Labute approximate surface area is 157 Å². The molecule has 0 radical (unpaired) electrons. The Morgan fingerprint density at radius 1 is 1.08 bits per heavy atom. The largest absolute Gasteiger partial charge is 0.508 e. The Balaban J connectivity index is 2.21.